The van der Waals surface area contributed by atoms with Crippen LogP contribution in [-0.4, -0.2) is 35.5 Å². The molecule has 4 heteroatoms. The maximum Gasteiger partial charge on any atom is 0.334 e. The number of aliphatic hydroxyl groups is 1. The van der Waals surface area contributed by atoms with Crippen molar-refractivity contribution in [1.29, 1.82) is 0 Å². The molecule has 0 aliphatic rings. The lowest BCUT2D eigenvalue weighted by molar-refractivity contribution is -0.149. The molecule has 0 aromatic carbocycles. The Kier molecular flexibility index (Phi) is 4.88. The van der Waals surface area contributed by atoms with Crippen LogP contribution in [0, 0.1) is 0 Å². The monoisotopic (exact) mass is 148 g/mol. The first-order chi connectivity index (χ1) is 4.68. The van der Waals surface area contributed by atoms with Gasteiger partial charge >= 0.3 is 5.97 Å². The predicted octanol–water partition coefficient (Wildman–Crippen LogP) is -0.142. The highest BCUT2D eigenvalue weighted by atomic mass is 16.5. The van der Waals surface area contributed by atoms with Crippen LogP contribution in [0.2, 0.25) is 0 Å². The van der Waals surface area contributed by atoms with E-state index in [1.54, 1.807) is 0 Å². The highest BCUT2D eigenvalue weighted by Gasteiger charge is 2.11. The lowest BCUT2D eigenvalue weighted by Gasteiger charge is -2.04. The van der Waals surface area contributed by atoms with Gasteiger partial charge in [-0.3, -0.25) is 0 Å². The topological polar surface area (TPSA) is 66.8 Å². The number of carboxylic acid groups (broad SMARTS) is 1. The Labute approximate surface area is 59.4 Å². The minimum Gasteiger partial charge on any atom is -0.479 e. The Morgan fingerprint density at radius 3 is 2.70 bits per heavy atom. The first-order valence-electron chi connectivity index (χ1n) is 3.17. The van der Waals surface area contributed by atoms with Gasteiger partial charge in [0.2, 0.25) is 0 Å². The van der Waals surface area contributed by atoms with Gasteiger partial charge in [-0.2, -0.15) is 0 Å². The summed E-state index contributed by atoms with van der Waals surface area (Å²) in [6.07, 6.45) is -0.557. The Balaban J connectivity index is 3.21. The van der Waals surface area contributed by atoms with E-state index in [1.807, 2.05) is 6.92 Å². The SMILES string of the molecule is CCCOCC(O)C(=O)O. The first kappa shape index (κ1) is 9.39. The number of hydrogen-bond acceptors (Lipinski definition) is 3. The molecule has 0 amide bonds. The van der Waals surface area contributed by atoms with Gasteiger partial charge in [-0.15, -0.1) is 0 Å². The maximum atomic E-state index is 9.96. The third-order valence-electron chi connectivity index (χ3n) is 0.909. The summed E-state index contributed by atoms with van der Waals surface area (Å²) in [4.78, 5) is 9.96. The van der Waals surface area contributed by atoms with Gasteiger partial charge in [0.1, 0.15) is 0 Å². The van der Waals surface area contributed by atoms with Gasteiger partial charge in [-0.25, -0.2) is 4.79 Å². The summed E-state index contributed by atoms with van der Waals surface area (Å²) >= 11 is 0. The number of carboxylic acids is 1. The Morgan fingerprint density at radius 2 is 2.30 bits per heavy atom. The molecule has 1 unspecified atom stereocenters. The quantitative estimate of drug-likeness (QED) is 0.532. The van der Waals surface area contributed by atoms with Crippen molar-refractivity contribution >= 4 is 5.97 Å². The van der Waals surface area contributed by atoms with Crippen molar-refractivity contribution in [2.75, 3.05) is 13.2 Å². The summed E-state index contributed by atoms with van der Waals surface area (Å²) in [7, 11) is 0. The van der Waals surface area contributed by atoms with Gasteiger partial charge in [0, 0.05) is 6.61 Å². The van der Waals surface area contributed by atoms with Crippen LogP contribution in [0.25, 0.3) is 0 Å². The molecule has 0 spiro atoms. The third-order valence-corrected chi connectivity index (χ3v) is 0.909. The zero-order chi connectivity index (χ0) is 7.98. The van der Waals surface area contributed by atoms with Gasteiger partial charge in [0.25, 0.3) is 0 Å². The van der Waals surface area contributed by atoms with E-state index < -0.39 is 12.1 Å². The molecule has 0 saturated heterocycles. The minimum atomic E-state index is -1.38. The summed E-state index contributed by atoms with van der Waals surface area (Å²) in [6, 6.07) is 0. The second kappa shape index (κ2) is 5.20. The van der Waals surface area contributed by atoms with E-state index >= 15 is 0 Å². The molecule has 1 atom stereocenters. The number of hydrogen-bond donors (Lipinski definition) is 2. The van der Waals surface area contributed by atoms with E-state index in [1.165, 1.54) is 0 Å². The van der Waals surface area contributed by atoms with Crippen LogP contribution in [0.5, 0.6) is 0 Å². The number of carbonyl (C=O) groups is 1. The van der Waals surface area contributed by atoms with Gasteiger partial charge < -0.3 is 14.9 Å². The van der Waals surface area contributed by atoms with Crippen molar-refractivity contribution in [3.63, 3.8) is 0 Å². The molecular formula is C6H12O4. The van der Waals surface area contributed by atoms with E-state index in [9.17, 15) is 4.79 Å². The highest BCUT2D eigenvalue weighted by molar-refractivity contribution is 5.71. The number of ether oxygens (including phenoxy) is 1. The molecule has 0 bridgehead atoms. The highest BCUT2D eigenvalue weighted by Crippen LogP contribution is 1.86. The molecule has 10 heavy (non-hydrogen) atoms. The summed E-state index contributed by atoms with van der Waals surface area (Å²) < 4.78 is 4.78. The van der Waals surface area contributed by atoms with Crippen LogP contribution in [0.15, 0.2) is 0 Å². The van der Waals surface area contributed by atoms with Gasteiger partial charge in [0.05, 0.1) is 6.61 Å². The van der Waals surface area contributed by atoms with Crippen molar-refractivity contribution in [2.45, 2.75) is 19.4 Å². The van der Waals surface area contributed by atoms with E-state index in [2.05, 4.69) is 0 Å². The normalized spacial score (nSPS) is 13.0. The molecule has 2 N–H and O–H groups in total. The molecule has 0 aromatic rings. The number of aliphatic carboxylic acids is 1. The average molecular weight is 148 g/mol. The van der Waals surface area contributed by atoms with Crippen LogP contribution in [0.1, 0.15) is 13.3 Å². The molecule has 0 rings (SSSR count). The van der Waals surface area contributed by atoms with Crippen LogP contribution >= 0.6 is 0 Å². The third kappa shape index (κ3) is 4.29. The predicted molar refractivity (Wildman–Crippen MR) is 34.8 cm³/mol. The largest absolute Gasteiger partial charge is 0.479 e. The van der Waals surface area contributed by atoms with Crippen LogP contribution in [0.3, 0.4) is 0 Å². The fraction of sp³-hybridized carbons (Fsp3) is 0.833. The van der Waals surface area contributed by atoms with Gasteiger partial charge in [-0.05, 0) is 6.42 Å². The van der Waals surface area contributed by atoms with E-state index in [0.29, 0.717) is 6.61 Å². The summed E-state index contributed by atoms with van der Waals surface area (Å²) in [5, 5.41) is 16.8. The lowest BCUT2D eigenvalue weighted by Crippen LogP contribution is -2.25. The van der Waals surface area contributed by atoms with Crippen molar-refractivity contribution in [3.8, 4) is 0 Å². The fourth-order valence-electron chi connectivity index (χ4n) is 0.411. The molecule has 0 saturated carbocycles. The number of rotatable bonds is 5. The summed E-state index contributed by atoms with van der Waals surface area (Å²) in [6.45, 7) is 2.28. The lowest BCUT2D eigenvalue weighted by atomic mass is 10.4. The van der Waals surface area contributed by atoms with Crippen LogP contribution in [0.4, 0.5) is 0 Å². The van der Waals surface area contributed by atoms with Crippen molar-refractivity contribution in [2.24, 2.45) is 0 Å². The van der Waals surface area contributed by atoms with Crippen LogP contribution in [-0.2, 0) is 9.53 Å². The smallest absolute Gasteiger partial charge is 0.334 e. The summed E-state index contributed by atoms with van der Waals surface area (Å²) in [5.41, 5.74) is 0. The molecule has 0 aliphatic heterocycles. The van der Waals surface area contributed by atoms with E-state index in [-0.39, 0.29) is 6.61 Å². The maximum absolute atomic E-state index is 9.96. The minimum absolute atomic E-state index is 0.122. The Hall–Kier alpha value is -0.610. The molecular weight excluding hydrogens is 136 g/mol. The Morgan fingerprint density at radius 1 is 1.70 bits per heavy atom. The second-order valence-electron chi connectivity index (χ2n) is 1.93. The molecule has 0 heterocycles. The summed E-state index contributed by atoms with van der Waals surface area (Å²) in [5.74, 6) is -1.24. The standard InChI is InChI=1S/C6H12O4/c1-2-3-10-4-5(7)6(8)9/h5,7H,2-4H2,1H3,(H,8,9). The second-order valence-corrected chi connectivity index (χ2v) is 1.93. The molecule has 60 valence electrons. The van der Waals surface area contributed by atoms with Crippen LogP contribution < -0.4 is 0 Å². The van der Waals surface area contributed by atoms with Crippen molar-refractivity contribution < 1.29 is 19.7 Å². The molecule has 0 aliphatic carbocycles. The zero-order valence-corrected chi connectivity index (χ0v) is 5.91. The van der Waals surface area contributed by atoms with Gasteiger partial charge in [-0.1, -0.05) is 6.92 Å². The first-order valence-corrected chi connectivity index (χ1v) is 3.17. The number of aliphatic hydroxyl groups excluding tert-OH is 1. The molecule has 4 nitrogen and oxygen atoms in total. The van der Waals surface area contributed by atoms with E-state index in [4.69, 9.17) is 14.9 Å². The fourth-order valence-corrected chi connectivity index (χ4v) is 0.411. The molecule has 0 aromatic heterocycles. The van der Waals surface area contributed by atoms with E-state index in [0.717, 1.165) is 6.42 Å². The molecule has 0 radical (unpaired) electrons. The molecule has 0 fully saturated rings. The average Bonchev–Trinajstić information content (AvgIpc) is 1.88. The van der Waals surface area contributed by atoms with Gasteiger partial charge in [0.15, 0.2) is 6.10 Å². The zero-order valence-electron chi connectivity index (χ0n) is 5.91. The Bertz CT molecular complexity index is 102. The van der Waals surface area contributed by atoms with Crippen molar-refractivity contribution in [1.82, 2.24) is 0 Å². The van der Waals surface area contributed by atoms with Crippen molar-refractivity contribution in [3.05, 3.63) is 0 Å².